The molecule has 2 atom stereocenters. The van der Waals surface area contributed by atoms with Crippen molar-refractivity contribution < 1.29 is 8.85 Å². The lowest BCUT2D eigenvalue weighted by Gasteiger charge is -2.60. The van der Waals surface area contributed by atoms with Crippen LogP contribution in [0, 0.1) is 11.8 Å². The molecule has 1 saturated heterocycles. The fourth-order valence-electron chi connectivity index (χ4n) is 6.87. The fourth-order valence-corrected chi connectivity index (χ4v) is 12.0. The molecule has 2 unspecified atom stereocenters. The maximum Gasteiger partial charge on any atom is 0.431 e. The molecular formula is C22H43NO2Si. The first-order chi connectivity index (χ1) is 12.3. The summed E-state index contributed by atoms with van der Waals surface area (Å²) in [4.78, 5) is 0. The fraction of sp³-hybridized carbons (Fsp3) is 1.00. The van der Waals surface area contributed by atoms with Crippen molar-refractivity contribution in [1.82, 2.24) is 4.57 Å². The maximum atomic E-state index is 6.81. The average Bonchev–Trinajstić information content (AvgIpc) is 2.98. The van der Waals surface area contributed by atoms with E-state index in [1.807, 2.05) is 0 Å². The van der Waals surface area contributed by atoms with Crippen LogP contribution in [-0.4, -0.2) is 37.6 Å². The zero-order valence-electron chi connectivity index (χ0n) is 18.3. The second kappa shape index (κ2) is 7.85. The van der Waals surface area contributed by atoms with Crippen molar-refractivity contribution in [2.24, 2.45) is 11.8 Å². The first-order valence-corrected chi connectivity index (χ1v) is 13.2. The van der Waals surface area contributed by atoms with Crippen LogP contribution in [0.1, 0.15) is 99.3 Å². The van der Waals surface area contributed by atoms with Crippen LogP contribution >= 0.6 is 0 Å². The molecule has 4 heteroatoms. The number of rotatable bonds is 6. The highest BCUT2D eigenvalue weighted by atomic mass is 28.4. The van der Waals surface area contributed by atoms with Gasteiger partial charge in [0.15, 0.2) is 0 Å². The predicted octanol–water partition coefficient (Wildman–Crippen LogP) is 6.01. The number of hydrogen-bond acceptors (Lipinski definition) is 3. The Morgan fingerprint density at radius 1 is 0.808 bits per heavy atom. The van der Waals surface area contributed by atoms with Gasteiger partial charge in [-0.25, -0.2) is 0 Å². The summed E-state index contributed by atoms with van der Waals surface area (Å²) in [6.07, 6.45) is 12.3. The average molecular weight is 382 g/mol. The number of fused-ring (bicyclic) bond motifs is 1. The zero-order chi connectivity index (χ0) is 19.0. The summed E-state index contributed by atoms with van der Waals surface area (Å²) in [7, 11) is -2.49. The van der Waals surface area contributed by atoms with Gasteiger partial charge >= 0.3 is 8.72 Å². The Labute approximate surface area is 163 Å². The lowest BCUT2D eigenvalue weighted by molar-refractivity contribution is -0.0242. The van der Waals surface area contributed by atoms with Gasteiger partial charge in [0.1, 0.15) is 0 Å². The Morgan fingerprint density at radius 3 is 1.69 bits per heavy atom. The molecule has 3 rings (SSSR count). The van der Waals surface area contributed by atoms with Gasteiger partial charge in [-0.15, -0.1) is 0 Å². The molecule has 1 aliphatic heterocycles. The summed E-state index contributed by atoms with van der Waals surface area (Å²) in [5, 5.41) is 0. The minimum absolute atomic E-state index is 0.159. The van der Waals surface area contributed by atoms with E-state index in [1.54, 1.807) is 0 Å². The van der Waals surface area contributed by atoms with Crippen LogP contribution in [0.15, 0.2) is 0 Å². The van der Waals surface area contributed by atoms with E-state index in [-0.39, 0.29) is 11.1 Å². The minimum atomic E-state index is -2.49. The second-order valence-corrected chi connectivity index (χ2v) is 13.4. The molecule has 3 fully saturated rings. The van der Waals surface area contributed by atoms with E-state index >= 15 is 0 Å². The summed E-state index contributed by atoms with van der Waals surface area (Å²) in [5.74, 6) is 1.86. The largest absolute Gasteiger partial charge is 0.431 e. The third-order valence-electron chi connectivity index (χ3n) is 7.56. The maximum absolute atomic E-state index is 6.81. The van der Waals surface area contributed by atoms with Gasteiger partial charge in [-0.05, 0) is 85.5 Å². The van der Waals surface area contributed by atoms with Gasteiger partial charge in [0.05, 0.1) is 0 Å². The van der Waals surface area contributed by atoms with Gasteiger partial charge in [-0.2, -0.15) is 0 Å². The molecule has 3 nitrogen and oxygen atoms in total. The molecule has 0 aromatic heterocycles. The Hall–Kier alpha value is 0.0969. The highest BCUT2D eigenvalue weighted by Gasteiger charge is 2.63. The number of hydrogen-bond donors (Lipinski definition) is 0. The standard InChI is InChI=1S/C22H43NO2Si/c1-7-24-26(25-8-2,20-16-18-12-9-10-13-19(18)17-20)23-21(3,4)14-11-15-22(23,5)6/h18-20H,7-17H2,1-6H3. The van der Waals surface area contributed by atoms with Crippen LogP contribution in [0.25, 0.3) is 0 Å². The molecule has 2 saturated carbocycles. The van der Waals surface area contributed by atoms with Crippen molar-refractivity contribution in [2.45, 2.75) is 116 Å². The summed E-state index contributed by atoms with van der Waals surface area (Å²) < 4.78 is 16.4. The minimum Gasteiger partial charge on any atom is -0.383 e. The molecule has 26 heavy (non-hydrogen) atoms. The molecule has 0 amide bonds. The third kappa shape index (κ3) is 3.68. The van der Waals surface area contributed by atoms with Crippen LogP contribution in [0.3, 0.4) is 0 Å². The van der Waals surface area contributed by atoms with Crippen molar-refractivity contribution in [2.75, 3.05) is 13.2 Å². The molecule has 3 aliphatic rings. The summed E-state index contributed by atoms with van der Waals surface area (Å²) in [6.45, 7) is 15.7. The van der Waals surface area contributed by atoms with Crippen LogP contribution in [0.2, 0.25) is 5.54 Å². The molecule has 0 N–H and O–H groups in total. The highest BCUT2D eigenvalue weighted by molar-refractivity contribution is 6.66. The molecule has 152 valence electrons. The van der Waals surface area contributed by atoms with E-state index in [0.29, 0.717) is 5.54 Å². The molecule has 1 heterocycles. The summed E-state index contributed by atoms with van der Waals surface area (Å²) in [5.41, 5.74) is 0.949. The van der Waals surface area contributed by atoms with Crippen molar-refractivity contribution >= 4 is 8.72 Å². The van der Waals surface area contributed by atoms with Gasteiger partial charge < -0.3 is 8.85 Å². The molecule has 0 spiro atoms. The van der Waals surface area contributed by atoms with E-state index < -0.39 is 8.72 Å². The van der Waals surface area contributed by atoms with Crippen molar-refractivity contribution in [3.8, 4) is 0 Å². The second-order valence-electron chi connectivity index (χ2n) is 10.3. The van der Waals surface area contributed by atoms with Gasteiger partial charge in [-0.3, -0.25) is 4.57 Å². The predicted molar refractivity (Wildman–Crippen MR) is 111 cm³/mol. The van der Waals surface area contributed by atoms with Gasteiger partial charge in [-0.1, -0.05) is 25.7 Å². The number of nitrogens with zero attached hydrogens (tertiary/aromatic N) is 1. The Kier molecular flexibility index (Phi) is 6.28. The van der Waals surface area contributed by atoms with Gasteiger partial charge in [0.25, 0.3) is 0 Å². The van der Waals surface area contributed by atoms with Crippen molar-refractivity contribution in [3.63, 3.8) is 0 Å². The van der Waals surface area contributed by atoms with E-state index in [4.69, 9.17) is 8.85 Å². The smallest absolute Gasteiger partial charge is 0.383 e. The van der Waals surface area contributed by atoms with Crippen molar-refractivity contribution in [1.29, 1.82) is 0 Å². The van der Waals surface area contributed by atoms with E-state index in [0.717, 1.165) is 25.0 Å². The zero-order valence-corrected chi connectivity index (χ0v) is 19.3. The van der Waals surface area contributed by atoms with Crippen LogP contribution in [-0.2, 0) is 8.85 Å². The highest BCUT2D eigenvalue weighted by Crippen LogP contribution is 2.55. The van der Waals surface area contributed by atoms with E-state index in [2.05, 4.69) is 46.1 Å². The summed E-state index contributed by atoms with van der Waals surface area (Å²) >= 11 is 0. The first kappa shape index (κ1) is 20.8. The Morgan fingerprint density at radius 2 is 1.27 bits per heavy atom. The molecule has 0 aromatic carbocycles. The molecule has 0 bridgehead atoms. The summed E-state index contributed by atoms with van der Waals surface area (Å²) in [6, 6.07) is 0. The topological polar surface area (TPSA) is 21.7 Å². The quantitative estimate of drug-likeness (QED) is 0.526. The normalized spacial score (nSPS) is 34.6. The Balaban J connectivity index is 2.00. The molecule has 2 aliphatic carbocycles. The monoisotopic (exact) mass is 381 g/mol. The lowest BCUT2D eigenvalue weighted by atomic mass is 9.82. The van der Waals surface area contributed by atoms with Gasteiger partial charge in [0.2, 0.25) is 0 Å². The first-order valence-electron chi connectivity index (χ1n) is 11.3. The molecular weight excluding hydrogens is 338 g/mol. The number of piperidine rings is 1. The van der Waals surface area contributed by atoms with Crippen LogP contribution < -0.4 is 0 Å². The Bertz CT molecular complexity index is 443. The third-order valence-corrected chi connectivity index (χ3v) is 12.3. The molecule has 0 radical (unpaired) electrons. The SMILES string of the molecule is CCO[Si](OCC)(C1CC2CCCCC2C1)N1C(C)(C)CCCC1(C)C. The van der Waals surface area contributed by atoms with Crippen molar-refractivity contribution in [3.05, 3.63) is 0 Å². The van der Waals surface area contributed by atoms with E-state index in [9.17, 15) is 0 Å². The van der Waals surface area contributed by atoms with Gasteiger partial charge in [0, 0.05) is 29.8 Å². The molecule has 0 aromatic rings. The van der Waals surface area contributed by atoms with Crippen LogP contribution in [0.4, 0.5) is 0 Å². The van der Waals surface area contributed by atoms with E-state index in [1.165, 1.54) is 57.8 Å². The van der Waals surface area contributed by atoms with Crippen LogP contribution in [0.5, 0.6) is 0 Å². The lowest BCUT2D eigenvalue weighted by Crippen LogP contribution is -2.74.